The highest BCUT2D eigenvalue weighted by Crippen LogP contribution is 2.31. The fraction of sp³-hybridized carbons (Fsp3) is 0.133. The minimum atomic E-state index is -0.406. The summed E-state index contributed by atoms with van der Waals surface area (Å²) in [6.07, 6.45) is 0. The summed E-state index contributed by atoms with van der Waals surface area (Å²) in [6, 6.07) is 7.37. The van der Waals surface area contributed by atoms with Crippen LogP contribution in [0.3, 0.4) is 0 Å². The largest absolute Gasteiger partial charge is 0.465 e. The van der Waals surface area contributed by atoms with Crippen molar-refractivity contribution in [3.05, 3.63) is 39.7 Å². The van der Waals surface area contributed by atoms with Crippen molar-refractivity contribution >= 4 is 77.9 Å². The van der Waals surface area contributed by atoms with Crippen LogP contribution in [0.5, 0.6) is 0 Å². The second-order valence-electron chi connectivity index (χ2n) is 4.78. The number of hydrogen-bond donors (Lipinski definition) is 2. The van der Waals surface area contributed by atoms with E-state index in [4.69, 9.17) is 28.6 Å². The Labute approximate surface area is 156 Å². The standard InChI is InChI=1S/C15H12ClN3O2S3/c1-7-6-8(13(20)21-2)12(23-7)18-14(22)19-15-17-11-9(16)4-3-5-10(11)24-15/h3-6H,1-2H3,(H2,17,18,19,22). The number of benzene rings is 1. The van der Waals surface area contributed by atoms with E-state index in [-0.39, 0.29) is 0 Å². The molecule has 0 aliphatic rings. The molecule has 0 spiro atoms. The van der Waals surface area contributed by atoms with Gasteiger partial charge in [-0.3, -0.25) is 0 Å². The van der Waals surface area contributed by atoms with Gasteiger partial charge in [-0.1, -0.05) is 29.0 Å². The van der Waals surface area contributed by atoms with Gasteiger partial charge in [0.15, 0.2) is 10.2 Å². The number of halogens is 1. The lowest BCUT2D eigenvalue weighted by Crippen LogP contribution is -2.19. The number of para-hydroxylation sites is 1. The first-order valence-electron chi connectivity index (χ1n) is 6.79. The van der Waals surface area contributed by atoms with Crippen LogP contribution in [-0.4, -0.2) is 23.2 Å². The molecule has 5 nitrogen and oxygen atoms in total. The number of esters is 1. The molecule has 0 aliphatic carbocycles. The van der Waals surface area contributed by atoms with E-state index in [1.807, 2.05) is 19.1 Å². The van der Waals surface area contributed by atoms with Crippen LogP contribution in [0, 0.1) is 6.92 Å². The van der Waals surface area contributed by atoms with Crippen molar-refractivity contribution in [3.8, 4) is 0 Å². The quantitative estimate of drug-likeness (QED) is 0.483. The number of thiophene rings is 1. The molecule has 2 aromatic heterocycles. The van der Waals surface area contributed by atoms with Gasteiger partial charge in [0.1, 0.15) is 10.5 Å². The first-order chi connectivity index (χ1) is 11.5. The average molecular weight is 398 g/mol. The lowest BCUT2D eigenvalue weighted by Gasteiger charge is -2.07. The van der Waals surface area contributed by atoms with Crippen molar-refractivity contribution in [2.24, 2.45) is 0 Å². The normalized spacial score (nSPS) is 10.6. The molecule has 0 saturated heterocycles. The fourth-order valence-electron chi connectivity index (χ4n) is 2.07. The van der Waals surface area contributed by atoms with E-state index in [9.17, 15) is 4.79 Å². The highest BCUT2D eigenvalue weighted by atomic mass is 35.5. The molecule has 0 aliphatic heterocycles. The molecule has 0 unspecified atom stereocenters. The van der Waals surface area contributed by atoms with E-state index in [0.29, 0.717) is 25.8 Å². The number of aromatic nitrogens is 1. The molecule has 3 rings (SSSR count). The number of ether oxygens (including phenoxy) is 1. The van der Waals surface area contributed by atoms with Gasteiger partial charge in [-0.25, -0.2) is 9.78 Å². The zero-order valence-electron chi connectivity index (χ0n) is 12.7. The Kier molecular flexibility index (Phi) is 5.00. The summed E-state index contributed by atoms with van der Waals surface area (Å²) in [4.78, 5) is 17.2. The van der Waals surface area contributed by atoms with Gasteiger partial charge in [-0.2, -0.15) is 0 Å². The van der Waals surface area contributed by atoms with Crippen LogP contribution in [0.2, 0.25) is 5.02 Å². The number of methoxy groups -OCH3 is 1. The van der Waals surface area contributed by atoms with Gasteiger partial charge >= 0.3 is 5.97 Å². The van der Waals surface area contributed by atoms with Gasteiger partial charge in [0.25, 0.3) is 0 Å². The maximum Gasteiger partial charge on any atom is 0.340 e. The Bertz CT molecular complexity index is 935. The molecule has 124 valence electrons. The molecule has 3 aromatic rings. The Morgan fingerprint density at radius 2 is 2.12 bits per heavy atom. The van der Waals surface area contributed by atoms with Gasteiger partial charge in [0, 0.05) is 4.88 Å². The van der Waals surface area contributed by atoms with Crippen molar-refractivity contribution in [2.75, 3.05) is 17.7 Å². The van der Waals surface area contributed by atoms with Crippen LogP contribution in [0.1, 0.15) is 15.2 Å². The van der Waals surface area contributed by atoms with Crippen LogP contribution in [-0.2, 0) is 4.74 Å². The van der Waals surface area contributed by atoms with Crippen molar-refractivity contribution in [3.63, 3.8) is 0 Å². The van der Waals surface area contributed by atoms with E-state index >= 15 is 0 Å². The summed E-state index contributed by atoms with van der Waals surface area (Å²) >= 11 is 14.3. The maximum atomic E-state index is 11.8. The molecule has 0 fully saturated rings. The minimum Gasteiger partial charge on any atom is -0.465 e. The van der Waals surface area contributed by atoms with E-state index in [1.54, 1.807) is 12.1 Å². The molecule has 0 amide bonds. The molecule has 0 saturated carbocycles. The van der Waals surface area contributed by atoms with Crippen molar-refractivity contribution in [2.45, 2.75) is 6.92 Å². The van der Waals surface area contributed by atoms with E-state index < -0.39 is 5.97 Å². The number of nitrogens with one attached hydrogen (secondary N) is 2. The molecule has 0 atom stereocenters. The Morgan fingerprint density at radius 1 is 1.33 bits per heavy atom. The number of fused-ring (bicyclic) bond motifs is 1. The number of thiocarbonyl (C=S) groups is 1. The molecule has 2 heterocycles. The lowest BCUT2D eigenvalue weighted by atomic mass is 10.3. The number of rotatable bonds is 3. The molecule has 1 aromatic carbocycles. The number of anilines is 2. The van der Waals surface area contributed by atoms with Gasteiger partial charge in [-0.05, 0) is 37.3 Å². The van der Waals surface area contributed by atoms with Crippen molar-refractivity contribution in [1.82, 2.24) is 4.98 Å². The monoisotopic (exact) mass is 397 g/mol. The number of carbonyl (C=O) groups excluding carboxylic acids is 1. The second-order valence-corrected chi connectivity index (χ2v) is 7.88. The first-order valence-corrected chi connectivity index (χ1v) is 9.21. The lowest BCUT2D eigenvalue weighted by molar-refractivity contribution is 0.0602. The minimum absolute atomic E-state index is 0.345. The number of carbonyl (C=O) groups is 1. The average Bonchev–Trinajstić information content (AvgIpc) is 3.10. The van der Waals surface area contributed by atoms with E-state index in [0.717, 1.165) is 15.1 Å². The van der Waals surface area contributed by atoms with E-state index in [1.165, 1.54) is 29.8 Å². The molecule has 24 heavy (non-hydrogen) atoms. The molecule has 0 bridgehead atoms. The van der Waals surface area contributed by atoms with Crippen molar-refractivity contribution < 1.29 is 9.53 Å². The summed E-state index contributed by atoms with van der Waals surface area (Å²) in [5.41, 5.74) is 1.19. The zero-order valence-corrected chi connectivity index (χ0v) is 15.9. The van der Waals surface area contributed by atoms with Crippen LogP contribution in [0.15, 0.2) is 24.3 Å². The van der Waals surface area contributed by atoms with Gasteiger partial charge in [-0.15, -0.1) is 11.3 Å². The van der Waals surface area contributed by atoms with Gasteiger partial charge in [0.2, 0.25) is 0 Å². The molecule has 9 heteroatoms. The van der Waals surface area contributed by atoms with E-state index in [2.05, 4.69) is 15.6 Å². The fourth-order valence-corrected chi connectivity index (χ4v) is 4.47. The topological polar surface area (TPSA) is 63.2 Å². The summed E-state index contributed by atoms with van der Waals surface area (Å²) in [5.74, 6) is -0.406. The summed E-state index contributed by atoms with van der Waals surface area (Å²) in [7, 11) is 1.35. The second kappa shape index (κ2) is 7.02. The Balaban J connectivity index is 1.78. The molecule has 2 N–H and O–H groups in total. The number of hydrogen-bond acceptors (Lipinski definition) is 6. The molecular weight excluding hydrogens is 386 g/mol. The third-order valence-electron chi connectivity index (χ3n) is 3.08. The number of aryl methyl sites for hydroxylation is 1. The summed E-state index contributed by atoms with van der Waals surface area (Å²) < 4.78 is 5.75. The third-order valence-corrected chi connectivity index (χ3v) is 5.49. The highest BCUT2D eigenvalue weighted by molar-refractivity contribution is 7.80. The molecule has 0 radical (unpaired) electrons. The highest BCUT2D eigenvalue weighted by Gasteiger charge is 2.17. The van der Waals surface area contributed by atoms with Crippen LogP contribution in [0.4, 0.5) is 10.1 Å². The smallest absolute Gasteiger partial charge is 0.340 e. The first kappa shape index (κ1) is 17.1. The molecular formula is C15H12ClN3O2S3. The predicted molar refractivity (Wildman–Crippen MR) is 105 cm³/mol. The number of thiazole rings is 1. The Morgan fingerprint density at radius 3 is 2.83 bits per heavy atom. The van der Waals surface area contributed by atoms with Crippen molar-refractivity contribution in [1.29, 1.82) is 0 Å². The number of nitrogens with zero attached hydrogens (tertiary/aromatic N) is 1. The SMILES string of the molecule is COC(=O)c1cc(C)sc1NC(=S)Nc1nc2c(Cl)cccc2s1. The van der Waals surface area contributed by atoms with Crippen LogP contribution < -0.4 is 10.6 Å². The third kappa shape index (κ3) is 3.51. The maximum absolute atomic E-state index is 11.8. The van der Waals surface area contributed by atoms with Crippen LogP contribution >= 0.6 is 46.5 Å². The Hall–Kier alpha value is -1.74. The summed E-state index contributed by atoms with van der Waals surface area (Å²) in [5, 5.41) is 8.25. The zero-order chi connectivity index (χ0) is 17.3. The van der Waals surface area contributed by atoms with Crippen LogP contribution in [0.25, 0.3) is 10.2 Å². The van der Waals surface area contributed by atoms with Gasteiger partial charge < -0.3 is 15.4 Å². The summed E-state index contributed by atoms with van der Waals surface area (Å²) in [6.45, 7) is 1.91. The predicted octanol–water partition coefficient (Wildman–Crippen LogP) is 4.92. The van der Waals surface area contributed by atoms with Gasteiger partial charge in [0.05, 0.1) is 22.4 Å².